The lowest BCUT2D eigenvalue weighted by Crippen LogP contribution is -1.97. The van der Waals surface area contributed by atoms with Gasteiger partial charge in [0.1, 0.15) is 10.0 Å². The molecule has 8 nitrogen and oxygen atoms in total. The van der Waals surface area contributed by atoms with Gasteiger partial charge in [-0.1, -0.05) is 46.9 Å². The summed E-state index contributed by atoms with van der Waals surface area (Å²) >= 11 is 2.48. The van der Waals surface area contributed by atoms with Crippen molar-refractivity contribution in [1.82, 2.24) is 9.97 Å². The molecule has 0 saturated carbocycles. The van der Waals surface area contributed by atoms with Gasteiger partial charge in [-0.15, -0.1) is 0 Å². The zero-order valence-electron chi connectivity index (χ0n) is 13.7. The van der Waals surface area contributed by atoms with Crippen LogP contribution in [0, 0.1) is 0 Å². The lowest BCUT2D eigenvalue weighted by Gasteiger charge is -2.00. The van der Waals surface area contributed by atoms with Gasteiger partial charge in [0.05, 0.1) is 9.79 Å². The highest BCUT2D eigenvalue weighted by atomic mass is 32.2. The van der Waals surface area contributed by atoms with Crippen LogP contribution in [-0.4, -0.2) is 35.9 Å². The van der Waals surface area contributed by atoms with Crippen molar-refractivity contribution in [2.45, 2.75) is 9.79 Å². The van der Waals surface area contributed by atoms with Crippen molar-refractivity contribution in [2.24, 2.45) is 0 Å². The van der Waals surface area contributed by atoms with Gasteiger partial charge < -0.3 is 0 Å². The number of hydrogen-bond acceptors (Lipinski definition) is 8. The molecular weight excluding hydrogens is 444 g/mol. The number of aromatic nitrogens is 2. The van der Waals surface area contributed by atoms with Crippen LogP contribution in [0.3, 0.4) is 0 Å². The minimum atomic E-state index is -4.31. The molecule has 0 aliphatic rings. The molecule has 12 heteroatoms. The van der Waals surface area contributed by atoms with Gasteiger partial charge in [-0.3, -0.25) is 9.11 Å². The minimum absolute atomic E-state index is 0.223. The molecule has 2 aromatic heterocycles. The van der Waals surface area contributed by atoms with Crippen molar-refractivity contribution >= 4 is 52.6 Å². The maximum absolute atomic E-state index is 11.3. The van der Waals surface area contributed by atoms with Gasteiger partial charge in [-0.05, 0) is 24.3 Å². The molecule has 0 saturated heterocycles. The maximum Gasteiger partial charge on any atom is 0.294 e. The van der Waals surface area contributed by atoms with Crippen molar-refractivity contribution < 1.29 is 25.9 Å². The molecule has 0 spiro atoms. The Balaban J connectivity index is 1.74. The SMILES string of the molecule is O=S(=O)(O)c1cccc(-c2nc3sc(-c4cccc(S(=O)(=O)O)c4)nc3s2)c1. The van der Waals surface area contributed by atoms with Crippen molar-refractivity contribution in [2.75, 3.05) is 0 Å². The number of nitrogens with zero attached hydrogens (tertiary/aromatic N) is 2. The number of benzene rings is 2. The maximum atomic E-state index is 11.3. The summed E-state index contributed by atoms with van der Waals surface area (Å²) in [5.74, 6) is 0. The Morgan fingerprint density at radius 3 is 1.43 bits per heavy atom. The topological polar surface area (TPSA) is 135 Å². The number of thiazole rings is 2. The largest absolute Gasteiger partial charge is 0.294 e. The van der Waals surface area contributed by atoms with Crippen LogP contribution in [0.1, 0.15) is 0 Å². The zero-order valence-corrected chi connectivity index (χ0v) is 16.9. The first kappa shape index (κ1) is 19.1. The van der Waals surface area contributed by atoms with Gasteiger partial charge >= 0.3 is 0 Å². The van der Waals surface area contributed by atoms with E-state index in [-0.39, 0.29) is 9.79 Å². The summed E-state index contributed by atoms with van der Waals surface area (Å²) in [6, 6.07) is 11.6. The molecule has 2 aromatic carbocycles. The molecule has 0 amide bonds. The van der Waals surface area contributed by atoms with Gasteiger partial charge in [0.15, 0.2) is 9.66 Å². The number of hydrogen-bond donors (Lipinski definition) is 2. The summed E-state index contributed by atoms with van der Waals surface area (Å²) in [6.07, 6.45) is 0. The van der Waals surface area contributed by atoms with Crippen LogP contribution in [0.4, 0.5) is 0 Å². The molecule has 2 N–H and O–H groups in total. The van der Waals surface area contributed by atoms with Crippen LogP contribution in [0.5, 0.6) is 0 Å². The standard InChI is InChI=1S/C16H10N2O6S4/c19-27(20,21)11-5-1-3-9(7-11)13-17-15-16(25-13)18-14(26-15)10-4-2-6-12(8-10)28(22,23)24/h1-8H,(H,19,20,21)(H,22,23,24). The second-order valence-corrected chi connectivity index (χ2v) is 10.5. The summed E-state index contributed by atoms with van der Waals surface area (Å²) in [6.45, 7) is 0. The monoisotopic (exact) mass is 454 g/mol. The summed E-state index contributed by atoms with van der Waals surface area (Å²) < 4.78 is 63.6. The second-order valence-electron chi connectivity index (χ2n) is 5.65. The van der Waals surface area contributed by atoms with Crippen molar-refractivity contribution in [3.8, 4) is 21.1 Å². The predicted molar refractivity (Wildman–Crippen MR) is 106 cm³/mol. The molecule has 0 fully saturated rings. The predicted octanol–water partition coefficient (Wildman–Crippen LogP) is 3.58. The molecule has 4 rings (SSSR count). The minimum Gasteiger partial charge on any atom is -0.282 e. The lowest BCUT2D eigenvalue weighted by molar-refractivity contribution is 0.481. The molecule has 0 unspecified atom stereocenters. The molecule has 144 valence electrons. The highest BCUT2D eigenvalue weighted by Crippen LogP contribution is 2.37. The Labute approximate surface area is 167 Å². The fraction of sp³-hybridized carbons (Fsp3) is 0. The summed E-state index contributed by atoms with van der Waals surface area (Å²) in [5, 5.41) is 1.08. The Morgan fingerprint density at radius 1 is 0.679 bits per heavy atom. The lowest BCUT2D eigenvalue weighted by atomic mass is 10.2. The molecule has 0 atom stereocenters. The van der Waals surface area contributed by atoms with Gasteiger partial charge in [0, 0.05) is 11.1 Å². The van der Waals surface area contributed by atoms with Gasteiger partial charge in [0.2, 0.25) is 0 Å². The van der Waals surface area contributed by atoms with E-state index in [1.807, 2.05) is 0 Å². The Kier molecular flexibility index (Phi) is 4.56. The third kappa shape index (κ3) is 3.70. The average molecular weight is 455 g/mol. The van der Waals surface area contributed by atoms with E-state index in [2.05, 4.69) is 9.97 Å². The highest BCUT2D eigenvalue weighted by molar-refractivity contribution is 7.86. The quantitative estimate of drug-likeness (QED) is 0.447. The third-order valence-corrected chi connectivity index (χ3v) is 7.56. The van der Waals surface area contributed by atoms with E-state index < -0.39 is 20.2 Å². The number of rotatable bonds is 4. The normalized spacial score (nSPS) is 12.5. The fourth-order valence-corrected chi connectivity index (χ4v) is 5.56. The summed E-state index contributed by atoms with van der Waals surface area (Å²) in [4.78, 5) is 9.66. The second kappa shape index (κ2) is 6.69. The van der Waals surface area contributed by atoms with Crippen LogP contribution < -0.4 is 0 Å². The van der Waals surface area contributed by atoms with Gasteiger partial charge in [0.25, 0.3) is 20.2 Å². The van der Waals surface area contributed by atoms with Gasteiger partial charge in [-0.2, -0.15) is 16.8 Å². The zero-order chi connectivity index (χ0) is 20.1. The molecule has 0 aliphatic carbocycles. The molecule has 2 heterocycles. The Morgan fingerprint density at radius 2 is 1.07 bits per heavy atom. The van der Waals surface area contributed by atoms with Gasteiger partial charge in [-0.25, -0.2) is 9.97 Å². The van der Waals surface area contributed by atoms with Crippen molar-refractivity contribution in [1.29, 1.82) is 0 Å². The highest BCUT2D eigenvalue weighted by Gasteiger charge is 2.17. The van der Waals surface area contributed by atoms with E-state index in [1.165, 1.54) is 59.1 Å². The molecule has 4 aromatic rings. The smallest absolute Gasteiger partial charge is 0.282 e. The average Bonchev–Trinajstić information content (AvgIpc) is 3.20. The Hall–Kier alpha value is -2.22. The van der Waals surface area contributed by atoms with E-state index >= 15 is 0 Å². The fourth-order valence-electron chi connectivity index (χ4n) is 2.47. The summed E-state index contributed by atoms with van der Waals surface area (Å²) in [5.41, 5.74) is 1.06. The molecular formula is C16H10N2O6S4. The van der Waals surface area contributed by atoms with Crippen LogP contribution in [-0.2, 0) is 20.2 Å². The van der Waals surface area contributed by atoms with E-state index in [0.29, 0.717) is 30.8 Å². The molecule has 0 aliphatic heterocycles. The van der Waals surface area contributed by atoms with Crippen molar-refractivity contribution in [3.05, 3.63) is 48.5 Å². The summed E-state index contributed by atoms with van der Waals surface area (Å²) in [7, 11) is -8.63. The van der Waals surface area contributed by atoms with Crippen LogP contribution in [0.15, 0.2) is 58.3 Å². The Bertz CT molecular complexity index is 1280. The first-order chi connectivity index (χ1) is 13.1. The molecule has 0 radical (unpaired) electrons. The first-order valence-corrected chi connectivity index (χ1v) is 12.1. The van der Waals surface area contributed by atoms with Crippen molar-refractivity contribution in [3.63, 3.8) is 0 Å². The first-order valence-electron chi connectivity index (χ1n) is 7.54. The van der Waals surface area contributed by atoms with Crippen LogP contribution in [0.25, 0.3) is 30.8 Å². The van der Waals surface area contributed by atoms with Crippen LogP contribution in [0.2, 0.25) is 0 Å². The van der Waals surface area contributed by atoms with E-state index in [4.69, 9.17) is 0 Å². The molecule has 28 heavy (non-hydrogen) atoms. The number of fused-ring (bicyclic) bond motifs is 1. The van der Waals surface area contributed by atoms with E-state index in [0.717, 1.165) is 0 Å². The van der Waals surface area contributed by atoms with E-state index in [9.17, 15) is 25.9 Å². The van der Waals surface area contributed by atoms with E-state index in [1.54, 1.807) is 12.1 Å². The third-order valence-electron chi connectivity index (χ3n) is 3.73. The molecule has 0 bridgehead atoms. The van der Waals surface area contributed by atoms with Crippen LogP contribution >= 0.6 is 22.7 Å².